The van der Waals surface area contributed by atoms with Crippen LogP contribution in [0.2, 0.25) is 0 Å². The van der Waals surface area contributed by atoms with E-state index in [-0.39, 0.29) is 37.0 Å². The summed E-state index contributed by atoms with van der Waals surface area (Å²) in [6, 6.07) is 6.74. The van der Waals surface area contributed by atoms with E-state index >= 15 is 0 Å². The molecule has 8 nitrogen and oxygen atoms in total. The first kappa shape index (κ1) is 20.9. The molecule has 2 N–H and O–H groups in total. The zero-order chi connectivity index (χ0) is 19.5. The highest BCUT2D eigenvalue weighted by Gasteiger charge is 2.12. The maximum Gasteiger partial charge on any atom is 0.239 e. The highest BCUT2D eigenvalue weighted by Crippen LogP contribution is 2.13. The first-order valence-electron chi connectivity index (χ1n) is 9.09. The lowest BCUT2D eigenvalue weighted by Crippen LogP contribution is -2.43. The molecule has 0 atom stereocenters. The first-order valence-corrected chi connectivity index (χ1v) is 9.09. The van der Waals surface area contributed by atoms with Crippen LogP contribution in [-0.4, -0.2) is 75.5 Å². The molecule has 0 aromatic heterocycles. The summed E-state index contributed by atoms with van der Waals surface area (Å²) in [5, 5.41) is 5.31. The van der Waals surface area contributed by atoms with Crippen molar-refractivity contribution in [2.45, 2.75) is 12.8 Å². The van der Waals surface area contributed by atoms with E-state index in [9.17, 15) is 14.4 Å². The fourth-order valence-corrected chi connectivity index (χ4v) is 2.66. The average Bonchev–Trinajstić information content (AvgIpc) is 2.71. The Hall–Kier alpha value is -2.45. The summed E-state index contributed by atoms with van der Waals surface area (Å²) in [6.07, 6.45) is 0.142. The number of morpholine rings is 1. The quantitative estimate of drug-likeness (QED) is 0.567. The van der Waals surface area contributed by atoms with Gasteiger partial charge in [0.05, 0.1) is 26.9 Å². The summed E-state index contributed by atoms with van der Waals surface area (Å²) in [6.45, 7) is 4.39. The van der Waals surface area contributed by atoms with Crippen LogP contribution in [0, 0.1) is 0 Å². The van der Waals surface area contributed by atoms with E-state index in [1.165, 1.54) is 0 Å². The average molecular weight is 377 g/mol. The molecule has 1 fully saturated rings. The smallest absolute Gasteiger partial charge is 0.239 e. The van der Waals surface area contributed by atoms with Gasteiger partial charge < -0.3 is 20.1 Å². The van der Waals surface area contributed by atoms with Gasteiger partial charge in [0.2, 0.25) is 11.8 Å². The molecule has 1 aromatic carbocycles. The highest BCUT2D eigenvalue weighted by atomic mass is 16.5. The standard InChI is InChI=1S/C19H27N3O5/c1-26-16-4-2-15(3-5-16)17(23)6-7-18(24)21-14-19(25)20-8-9-22-10-12-27-13-11-22/h2-5H,6-14H2,1H3,(H,20,25)(H,21,24). The number of ether oxygens (including phenoxy) is 2. The first-order chi connectivity index (χ1) is 13.1. The van der Waals surface area contributed by atoms with Crippen molar-refractivity contribution in [2.24, 2.45) is 0 Å². The predicted molar refractivity (Wildman–Crippen MR) is 99.8 cm³/mol. The Morgan fingerprint density at radius 1 is 1.04 bits per heavy atom. The van der Waals surface area contributed by atoms with E-state index in [4.69, 9.17) is 9.47 Å². The summed E-state index contributed by atoms with van der Waals surface area (Å²) in [4.78, 5) is 37.9. The van der Waals surface area contributed by atoms with Crippen molar-refractivity contribution in [3.05, 3.63) is 29.8 Å². The van der Waals surface area contributed by atoms with Crippen molar-refractivity contribution in [3.63, 3.8) is 0 Å². The summed E-state index contributed by atoms with van der Waals surface area (Å²) < 4.78 is 10.3. The van der Waals surface area contributed by atoms with Crippen molar-refractivity contribution in [1.82, 2.24) is 15.5 Å². The number of hydrogen-bond donors (Lipinski definition) is 2. The third-order valence-corrected chi connectivity index (χ3v) is 4.29. The van der Waals surface area contributed by atoms with Crippen molar-refractivity contribution in [3.8, 4) is 5.75 Å². The fraction of sp³-hybridized carbons (Fsp3) is 0.526. The third-order valence-electron chi connectivity index (χ3n) is 4.29. The monoisotopic (exact) mass is 377 g/mol. The minimum absolute atomic E-state index is 0.0475. The lowest BCUT2D eigenvalue weighted by atomic mass is 10.1. The number of nitrogens with zero attached hydrogens (tertiary/aromatic N) is 1. The molecule has 0 aliphatic carbocycles. The SMILES string of the molecule is COc1ccc(C(=O)CCC(=O)NCC(=O)NCCN2CCOCC2)cc1. The summed E-state index contributed by atoms with van der Waals surface area (Å²) in [7, 11) is 1.56. The molecule has 1 aliphatic rings. The second-order valence-corrected chi connectivity index (χ2v) is 6.23. The Kier molecular flexibility index (Phi) is 8.73. The van der Waals surface area contributed by atoms with Gasteiger partial charge >= 0.3 is 0 Å². The van der Waals surface area contributed by atoms with Gasteiger partial charge in [0.1, 0.15) is 5.75 Å². The zero-order valence-corrected chi connectivity index (χ0v) is 15.7. The lowest BCUT2D eigenvalue weighted by Gasteiger charge is -2.26. The van der Waals surface area contributed by atoms with E-state index in [2.05, 4.69) is 15.5 Å². The molecule has 0 spiro atoms. The van der Waals surface area contributed by atoms with E-state index in [1.807, 2.05) is 0 Å². The molecule has 0 saturated carbocycles. The Labute approximate surface area is 159 Å². The maximum absolute atomic E-state index is 12.1. The third kappa shape index (κ3) is 7.76. The molecule has 2 amide bonds. The number of carbonyl (C=O) groups is 3. The van der Waals surface area contributed by atoms with Crippen molar-refractivity contribution < 1.29 is 23.9 Å². The van der Waals surface area contributed by atoms with Gasteiger partial charge in [-0.3, -0.25) is 19.3 Å². The van der Waals surface area contributed by atoms with Crippen LogP contribution in [0.1, 0.15) is 23.2 Å². The normalized spacial score (nSPS) is 14.4. The van der Waals surface area contributed by atoms with Gasteiger partial charge in [-0.15, -0.1) is 0 Å². The number of ketones is 1. The number of carbonyl (C=O) groups excluding carboxylic acids is 3. The van der Waals surface area contributed by atoms with Gasteiger partial charge in [-0.05, 0) is 24.3 Å². The van der Waals surface area contributed by atoms with Gasteiger partial charge in [-0.25, -0.2) is 0 Å². The van der Waals surface area contributed by atoms with Crippen molar-refractivity contribution in [1.29, 1.82) is 0 Å². The van der Waals surface area contributed by atoms with E-state index in [0.29, 0.717) is 17.9 Å². The molecule has 0 unspecified atom stereocenters. The highest BCUT2D eigenvalue weighted by molar-refractivity contribution is 5.98. The molecule has 1 aromatic rings. The Balaban J connectivity index is 1.57. The molecular formula is C19H27N3O5. The van der Waals surface area contributed by atoms with Crippen LogP contribution in [0.25, 0.3) is 0 Å². The largest absolute Gasteiger partial charge is 0.497 e. The number of Topliss-reactive ketones (excluding diaryl/α,β-unsaturated/α-hetero) is 1. The van der Waals surface area contributed by atoms with Gasteiger partial charge in [-0.1, -0.05) is 0 Å². The molecule has 1 saturated heterocycles. The number of amides is 2. The van der Waals surface area contributed by atoms with Crippen LogP contribution in [0.5, 0.6) is 5.75 Å². The van der Waals surface area contributed by atoms with E-state index < -0.39 is 0 Å². The van der Waals surface area contributed by atoms with E-state index in [0.717, 1.165) is 32.8 Å². The molecule has 148 valence electrons. The molecule has 2 rings (SSSR count). The molecule has 0 radical (unpaired) electrons. The van der Waals surface area contributed by atoms with Crippen molar-refractivity contribution >= 4 is 17.6 Å². The Morgan fingerprint density at radius 2 is 1.74 bits per heavy atom. The van der Waals surface area contributed by atoms with Crippen LogP contribution >= 0.6 is 0 Å². The number of nitrogens with one attached hydrogen (secondary N) is 2. The lowest BCUT2D eigenvalue weighted by molar-refractivity contribution is -0.126. The van der Waals surface area contributed by atoms with Crippen LogP contribution in [-0.2, 0) is 14.3 Å². The summed E-state index contributed by atoms with van der Waals surface area (Å²) in [5.74, 6) is -0.00928. The second-order valence-electron chi connectivity index (χ2n) is 6.23. The molecule has 8 heteroatoms. The molecular weight excluding hydrogens is 350 g/mol. The van der Waals surface area contributed by atoms with Gasteiger partial charge in [0.25, 0.3) is 0 Å². The molecule has 0 bridgehead atoms. The predicted octanol–water partition coefficient (Wildman–Crippen LogP) is 0.223. The zero-order valence-electron chi connectivity index (χ0n) is 15.7. The number of hydrogen-bond acceptors (Lipinski definition) is 6. The summed E-state index contributed by atoms with van der Waals surface area (Å²) >= 11 is 0. The van der Waals surface area contributed by atoms with Gasteiger partial charge in [0, 0.05) is 44.6 Å². The fourth-order valence-electron chi connectivity index (χ4n) is 2.66. The van der Waals surface area contributed by atoms with Crippen LogP contribution in [0.4, 0.5) is 0 Å². The van der Waals surface area contributed by atoms with E-state index in [1.54, 1.807) is 31.4 Å². The van der Waals surface area contributed by atoms with Crippen molar-refractivity contribution in [2.75, 3.05) is 53.0 Å². The minimum Gasteiger partial charge on any atom is -0.497 e. The minimum atomic E-state index is -0.319. The molecule has 1 aliphatic heterocycles. The summed E-state index contributed by atoms with van der Waals surface area (Å²) in [5.41, 5.74) is 0.532. The Bertz CT molecular complexity index is 627. The van der Waals surface area contributed by atoms with Gasteiger partial charge in [0.15, 0.2) is 5.78 Å². The van der Waals surface area contributed by atoms with Crippen LogP contribution in [0.15, 0.2) is 24.3 Å². The van der Waals surface area contributed by atoms with Gasteiger partial charge in [-0.2, -0.15) is 0 Å². The number of benzene rings is 1. The molecule has 27 heavy (non-hydrogen) atoms. The number of rotatable bonds is 10. The maximum atomic E-state index is 12.1. The van der Waals surface area contributed by atoms with Crippen LogP contribution in [0.3, 0.4) is 0 Å². The van der Waals surface area contributed by atoms with Crippen LogP contribution < -0.4 is 15.4 Å². The second kappa shape index (κ2) is 11.3. The molecule has 1 heterocycles. The topological polar surface area (TPSA) is 97.0 Å². The number of methoxy groups -OCH3 is 1. The Morgan fingerprint density at radius 3 is 2.41 bits per heavy atom.